The van der Waals surface area contributed by atoms with E-state index in [0.29, 0.717) is 45.7 Å². The summed E-state index contributed by atoms with van der Waals surface area (Å²) in [6.07, 6.45) is 6.78. The van der Waals surface area contributed by atoms with Gasteiger partial charge in [-0.3, -0.25) is 0 Å². The summed E-state index contributed by atoms with van der Waals surface area (Å²) in [4.78, 5) is 2.64. The maximum Gasteiger partial charge on any atom is 0.0704 e. The first-order valence-corrected chi connectivity index (χ1v) is 6.71. The summed E-state index contributed by atoms with van der Waals surface area (Å²) in [6.45, 7) is 3.21. The fourth-order valence-electron chi connectivity index (χ4n) is 1.98. The van der Waals surface area contributed by atoms with Crippen LogP contribution in [0.5, 0.6) is 0 Å². The minimum absolute atomic E-state index is 0.376. The number of hydrogen-bond donors (Lipinski definition) is 0. The number of nitrogens with zero attached hydrogens (tertiary/aromatic N) is 3. The van der Waals surface area contributed by atoms with Crippen LogP contribution in [0.1, 0.15) is 32.1 Å². The molecule has 6 heteroatoms. The summed E-state index contributed by atoms with van der Waals surface area (Å²) in [7, 11) is 0. The summed E-state index contributed by atoms with van der Waals surface area (Å²) >= 11 is 0. The van der Waals surface area contributed by atoms with Crippen LogP contribution in [0.15, 0.2) is 5.11 Å². The molecule has 1 fully saturated rings. The van der Waals surface area contributed by atoms with Crippen molar-refractivity contribution < 1.29 is 14.2 Å². The van der Waals surface area contributed by atoms with Gasteiger partial charge in [0.2, 0.25) is 0 Å². The third-order valence-electron chi connectivity index (χ3n) is 2.90. The second-order valence-electron chi connectivity index (χ2n) is 4.31. The lowest BCUT2D eigenvalue weighted by molar-refractivity contribution is -0.0213. The van der Waals surface area contributed by atoms with Crippen LogP contribution in [0, 0.1) is 0 Å². The molecule has 0 radical (unpaired) electrons. The van der Waals surface area contributed by atoms with Crippen molar-refractivity contribution in [3.63, 3.8) is 0 Å². The smallest absolute Gasteiger partial charge is 0.0704 e. The molecule has 1 rings (SSSR count). The lowest BCUT2D eigenvalue weighted by atomic mass is 9.98. The Morgan fingerprint density at radius 3 is 2.33 bits per heavy atom. The molecule has 0 aliphatic heterocycles. The van der Waals surface area contributed by atoms with E-state index >= 15 is 0 Å². The zero-order chi connectivity index (χ0) is 12.9. The van der Waals surface area contributed by atoms with Gasteiger partial charge in [-0.05, 0) is 18.4 Å². The minimum Gasteiger partial charge on any atom is -0.379 e. The lowest BCUT2D eigenvalue weighted by Gasteiger charge is -2.21. The summed E-state index contributed by atoms with van der Waals surface area (Å²) in [5.74, 6) is 0. The minimum atomic E-state index is 0.376. The van der Waals surface area contributed by atoms with Gasteiger partial charge in [0.25, 0.3) is 0 Å². The van der Waals surface area contributed by atoms with E-state index in [2.05, 4.69) is 10.0 Å². The zero-order valence-electron chi connectivity index (χ0n) is 10.9. The highest BCUT2D eigenvalue weighted by atomic mass is 16.5. The monoisotopic (exact) mass is 257 g/mol. The molecule has 104 valence electrons. The summed E-state index contributed by atoms with van der Waals surface area (Å²) < 4.78 is 16.3. The highest BCUT2D eigenvalue weighted by Gasteiger charge is 2.12. The van der Waals surface area contributed by atoms with Crippen LogP contribution >= 0.6 is 0 Å². The van der Waals surface area contributed by atoms with Crippen LogP contribution in [0.25, 0.3) is 10.4 Å². The second kappa shape index (κ2) is 11.3. The van der Waals surface area contributed by atoms with E-state index in [4.69, 9.17) is 19.7 Å². The molecule has 0 aromatic rings. The first kappa shape index (κ1) is 15.2. The van der Waals surface area contributed by atoms with E-state index in [1.807, 2.05) is 0 Å². The van der Waals surface area contributed by atoms with Gasteiger partial charge in [0.05, 0.1) is 39.1 Å². The predicted molar refractivity (Wildman–Crippen MR) is 68.5 cm³/mol. The van der Waals surface area contributed by atoms with E-state index in [9.17, 15) is 0 Å². The Balaban J connectivity index is 1.76. The Morgan fingerprint density at radius 2 is 1.61 bits per heavy atom. The highest BCUT2D eigenvalue weighted by Crippen LogP contribution is 2.19. The van der Waals surface area contributed by atoms with Gasteiger partial charge in [0.15, 0.2) is 0 Å². The third-order valence-corrected chi connectivity index (χ3v) is 2.90. The molecule has 0 bridgehead atoms. The fraction of sp³-hybridized carbons (Fsp3) is 1.00. The lowest BCUT2D eigenvalue weighted by Crippen LogP contribution is -2.19. The molecule has 0 aromatic carbocycles. The molecule has 0 unspecified atom stereocenters. The van der Waals surface area contributed by atoms with E-state index in [1.54, 1.807) is 0 Å². The van der Waals surface area contributed by atoms with Gasteiger partial charge >= 0.3 is 0 Å². The van der Waals surface area contributed by atoms with Crippen molar-refractivity contribution >= 4 is 0 Å². The molecule has 0 amide bonds. The molecule has 6 nitrogen and oxygen atoms in total. The SMILES string of the molecule is [N-]=[N+]=NCCOCCOCCOC1CCCCC1. The Bertz CT molecular complexity index is 239. The van der Waals surface area contributed by atoms with Crippen LogP contribution in [0.2, 0.25) is 0 Å². The van der Waals surface area contributed by atoms with E-state index in [-0.39, 0.29) is 0 Å². The first-order chi connectivity index (χ1) is 8.93. The molecule has 0 aromatic heterocycles. The van der Waals surface area contributed by atoms with E-state index in [0.717, 1.165) is 0 Å². The normalized spacial score (nSPS) is 16.4. The number of azide groups is 1. The van der Waals surface area contributed by atoms with Crippen molar-refractivity contribution in [2.75, 3.05) is 39.6 Å². The number of rotatable bonds is 10. The van der Waals surface area contributed by atoms with Gasteiger partial charge in [-0.15, -0.1) is 0 Å². The van der Waals surface area contributed by atoms with Gasteiger partial charge in [-0.25, -0.2) is 0 Å². The fourth-order valence-corrected chi connectivity index (χ4v) is 1.98. The standard InChI is InChI=1S/C12H23N3O3/c13-15-14-6-7-16-8-9-17-10-11-18-12-4-2-1-3-5-12/h12H,1-11H2. The first-order valence-electron chi connectivity index (χ1n) is 6.71. The average Bonchev–Trinajstić information content (AvgIpc) is 2.42. The van der Waals surface area contributed by atoms with Gasteiger partial charge in [-0.1, -0.05) is 24.4 Å². The molecule has 0 heterocycles. The van der Waals surface area contributed by atoms with Crippen molar-refractivity contribution in [1.82, 2.24) is 0 Å². The maximum absolute atomic E-state index is 8.04. The molecule has 18 heavy (non-hydrogen) atoms. The van der Waals surface area contributed by atoms with Gasteiger partial charge < -0.3 is 14.2 Å². The summed E-state index contributed by atoms with van der Waals surface area (Å²) in [6, 6.07) is 0. The van der Waals surface area contributed by atoms with Crippen molar-refractivity contribution in [3.05, 3.63) is 10.4 Å². The Morgan fingerprint density at radius 1 is 0.944 bits per heavy atom. The summed E-state index contributed by atoms with van der Waals surface area (Å²) in [5.41, 5.74) is 8.04. The molecule has 1 aliphatic rings. The molecular formula is C12H23N3O3. The number of ether oxygens (including phenoxy) is 3. The number of hydrogen-bond acceptors (Lipinski definition) is 4. The van der Waals surface area contributed by atoms with Crippen molar-refractivity contribution in [2.24, 2.45) is 5.11 Å². The van der Waals surface area contributed by atoms with E-state index < -0.39 is 0 Å². The third kappa shape index (κ3) is 8.31. The Labute approximate surface area is 108 Å². The molecule has 1 saturated carbocycles. The summed E-state index contributed by atoms with van der Waals surface area (Å²) in [5, 5.41) is 3.37. The van der Waals surface area contributed by atoms with Crippen molar-refractivity contribution in [3.8, 4) is 0 Å². The highest BCUT2D eigenvalue weighted by molar-refractivity contribution is 4.64. The van der Waals surface area contributed by atoms with Gasteiger partial charge in [0, 0.05) is 11.5 Å². The van der Waals surface area contributed by atoms with E-state index in [1.165, 1.54) is 32.1 Å². The molecule has 0 saturated heterocycles. The quantitative estimate of drug-likeness (QED) is 0.261. The van der Waals surface area contributed by atoms with Crippen LogP contribution in [-0.2, 0) is 14.2 Å². The van der Waals surface area contributed by atoms with Crippen LogP contribution in [-0.4, -0.2) is 45.7 Å². The molecule has 0 N–H and O–H groups in total. The average molecular weight is 257 g/mol. The molecular weight excluding hydrogens is 234 g/mol. The molecule has 0 atom stereocenters. The van der Waals surface area contributed by atoms with Crippen LogP contribution in [0.3, 0.4) is 0 Å². The molecule has 0 spiro atoms. The largest absolute Gasteiger partial charge is 0.379 e. The van der Waals surface area contributed by atoms with Crippen molar-refractivity contribution in [1.29, 1.82) is 0 Å². The van der Waals surface area contributed by atoms with Gasteiger partial charge in [0.1, 0.15) is 0 Å². The maximum atomic E-state index is 8.04. The predicted octanol–water partition coefficient (Wildman–Crippen LogP) is 2.68. The van der Waals surface area contributed by atoms with Crippen molar-refractivity contribution in [2.45, 2.75) is 38.2 Å². The Kier molecular flexibility index (Phi) is 9.56. The van der Waals surface area contributed by atoms with Crippen LogP contribution < -0.4 is 0 Å². The zero-order valence-corrected chi connectivity index (χ0v) is 10.9. The topological polar surface area (TPSA) is 76.5 Å². The van der Waals surface area contributed by atoms with Crippen LogP contribution in [0.4, 0.5) is 0 Å². The van der Waals surface area contributed by atoms with Gasteiger partial charge in [-0.2, -0.15) is 0 Å². The Hall–Kier alpha value is -0.810. The molecule has 1 aliphatic carbocycles. The second-order valence-corrected chi connectivity index (χ2v) is 4.31.